The first kappa shape index (κ1) is 13.6. The van der Waals surface area contributed by atoms with Crippen molar-refractivity contribution in [2.45, 2.75) is 13.8 Å². The number of nitrogens with one attached hydrogen (secondary N) is 1. The Morgan fingerprint density at radius 2 is 2.16 bits per heavy atom. The summed E-state index contributed by atoms with van der Waals surface area (Å²) in [6.07, 6.45) is 0. The van der Waals surface area contributed by atoms with E-state index >= 15 is 0 Å². The predicted octanol–water partition coefficient (Wildman–Crippen LogP) is 1.41. The third-order valence-corrected chi connectivity index (χ3v) is 3.99. The zero-order valence-electron chi connectivity index (χ0n) is 11.1. The van der Waals surface area contributed by atoms with Crippen molar-refractivity contribution in [1.82, 2.24) is 10.3 Å². The molecule has 0 radical (unpaired) electrons. The third-order valence-electron chi connectivity index (χ3n) is 3.43. The number of rotatable bonds is 2. The fourth-order valence-corrected chi connectivity index (χ4v) is 2.33. The van der Waals surface area contributed by atoms with Gasteiger partial charge in [-0.15, -0.1) is 0 Å². The molecule has 1 aromatic heterocycles. The molecule has 1 fully saturated rings. The molecular weight excluding hydrogens is 264 g/mol. The number of hydrogen-bond acceptors (Lipinski definition) is 4. The van der Waals surface area contributed by atoms with Gasteiger partial charge in [-0.3, -0.25) is 4.79 Å². The van der Waals surface area contributed by atoms with Gasteiger partial charge in [-0.25, -0.2) is 4.98 Å². The molecule has 1 aromatic rings. The Bertz CT molecular complexity index is 573. The van der Waals surface area contributed by atoms with Crippen LogP contribution in [0.25, 0.3) is 0 Å². The van der Waals surface area contributed by atoms with Crippen molar-refractivity contribution in [3.63, 3.8) is 0 Å². The average Bonchev–Trinajstić information content (AvgIpc) is 2.34. The minimum absolute atomic E-state index is 0.0252. The van der Waals surface area contributed by atoms with E-state index in [-0.39, 0.29) is 11.8 Å². The molecule has 0 unspecified atom stereocenters. The molecule has 2 rings (SSSR count). The van der Waals surface area contributed by atoms with Gasteiger partial charge in [0.25, 0.3) is 0 Å². The zero-order valence-corrected chi connectivity index (χ0v) is 11.9. The van der Waals surface area contributed by atoms with Gasteiger partial charge < -0.3 is 10.2 Å². The number of pyridine rings is 1. The lowest BCUT2D eigenvalue weighted by atomic mass is 9.97. The zero-order chi connectivity index (χ0) is 14.2. The molecule has 0 atom stereocenters. The van der Waals surface area contributed by atoms with Crippen LogP contribution in [0.15, 0.2) is 0 Å². The number of nitrogens with zero attached hydrogens (tertiary/aromatic N) is 3. The number of hydrogen-bond donors (Lipinski definition) is 1. The van der Waals surface area contributed by atoms with Crippen molar-refractivity contribution in [2.75, 3.05) is 25.0 Å². The molecule has 0 bridgehead atoms. The van der Waals surface area contributed by atoms with Gasteiger partial charge in [0, 0.05) is 20.1 Å². The smallest absolute Gasteiger partial charge is 0.226 e. The largest absolute Gasteiger partial charge is 0.359 e. The molecule has 0 aliphatic carbocycles. The lowest BCUT2D eigenvalue weighted by Gasteiger charge is -2.39. The van der Waals surface area contributed by atoms with Gasteiger partial charge >= 0.3 is 0 Å². The number of aryl methyl sites for hydroxylation is 1. The van der Waals surface area contributed by atoms with Crippen LogP contribution in [0.1, 0.15) is 16.8 Å². The van der Waals surface area contributed by atoms with E-state index < -0.39 is 0 Å². The summed E-state index contributed by atoms with van der Waals surface area (Å²) in [4.78, 5) is 17.8. The van der Waals surface area contributed by atoms with Crippen LogP contribution in [-0.4, -0.2) is 31.0 Å². The first-order valence-electron chi connectivity index (χ1n) is 6.03. The van der Waals surface area contributed by atoms with Gasteiger partial charge in [0.15, 0.2) is 0 Å². The van der Waals surface area contributed by atoms with Gasteiger partial charge in [0.05, 0.1) is 22.2 Å². The van der Waals surface area contributed by atoms with Crippen LogP contribution < -0.4 is 10.2 Å². The molecule has 1 N–H and O–H groups in total. The standard InChI is InChI=1S/C13H15ClN4O/c1-7-10(4-15)12(17-8(2)11(7)14)18-5-9(6-18)13(19)16-3/h9H,5-6H2,1-3H3,(H,16,19). The van der Waals surface area contributed by atoms with Gasteiger partial charge in [-0.2, -0.15) is 5.26 Å². The SMILES string of the molecule is CNC(=O)C1CN(c2nc(C)c(Cl)c(C)c2C#N)C1. The highest BCUT2D eigenvalue weighted by atomic mass is 35.5. The molecule has 19 heavy (non-hydrogen) atoms. The Labute approximate surface area is 117 Å². The minimum atomic E-state index is -0.0327. The van der Waals surface area contributed by atoms with Crippen molar-refractivity contribution < 1.29 is 4.79 Å². The lowest BCUT2D eigenvalue weighted by molar-refractivity contribution is -0.125. The summed E-state index contributed by atoms with van der Waals surface area (Å²) in [6, 6.07) is 2.15. The van der Waals surface area contributed by atoms with Crippen molar-refractivity contribution in [3.8, 4) is 6.07 Å². The van der Waals surface area contributed by atoms with Crippen molar-refractivity contribution in [3.05, 3.63) is 21.8 Å². The van der Waals surface area contributed by atoms with E-state index in [1.807, 2.05) is 18.7 Å². The normalized spacial score (nSPS) is 14.8. The van der Waals surface area contributed by atoms with E-state index in [2.05, 4.69) is 16.4 Å². The molecule has 0 spiro atoms. The fourth-order valence-electron chi connectivity index (χ4n) is 2.20. The highest BCUT2D eigenvalue weighted by molar-refractivity contribution is 6.32. The van der Waals surface area contributed by atoms with Crippen LogP contribution in [0.5, 0.6) is 0 Å². The third kappa shape index (κ3) is 2.24. The number of carbonyl (C=O) groups excluding carboxylic acids is 1. The van der Waals surface area contributed by atoms with E-state index in [1.165, 1.54) is 0 Å². The second-order valence-corrected chi connectivity index (χ2v) is 5.04. The topological polar surface area (TPSA) is 69.0 Å². The number of halogens is 1. The Kier molecular flexibility index (Phi) is 3.63. The van der Waals surface area contributed by atoms with E-state index in [1.54, 1.807) is 7.05 Å². The summed E-state index contributed by atoms with van der Waals surface area (Å²) >= 11 is 6.10. The maximum atomic E-state index is 11.5. The van der Waals surface area contributed by atoms with E-state index in [4.69, 9.17) is 11.6 Å². The number of anilines is 1. The first-order valence-corrected chi connectivity index (χ1v) is 6.40. The van der Waals surface area contributed by atoms with Gasteiger partial charge in [-0.1, -0.05) is 11.6 Å². The summed E-state index contributed by atoms with van der Waals surface area (Å²) in [7, 11) is 1.63. The number of aromatic nitrogens is 1. The van der Waals surface area contributed by atoms with Crippen LogP contribution in [0.2, 0.25) is 5.02 Å². The first-order chi connectivity index (χ1) is 8.99. The Morgan fingerprint density at radius 3 is 2.68 bits per heavy atom. The molecule has 100 valence electrons. The summed E-state index contributed by atoms with van der Waals surface area (Å²) in [5.41, 5.74) is 1.94. The van der Waals surface area contributed by atoms with Gasteiger partial charge in [0.1, 0.15) is 11.9 Å². The van der Waals surface area contributed by atoms with Crippen molar-refractivity contribution in [2.24, 2.45) is 5.92 Å². The van der Waals surface area contributed by atoms with Crippen LogP contribution in [-0.2, 0) is 4.79 Å². The molecule has 2 heterocycles. The minimum Gasteiger partial charge on any atom is -0.359 e. The predicted molar refractivity (Wildman–Crippen MR) is 73.2 cm³/mol. The lowest BCUT2D eigenvalue weighted by Crippen LogP contribution is -2.53. The highest BCUT2D eigenvalue weighted by Gasteiger charge is 2.34. The summed E-state index contributed by atoms with van der Waals surface area (Å²) in [6.45, 7) is 4.80. The van der Waals surface area contributed by atoms with Gasteiger partial charge in [-0.05, 0) is 19.4 Å². The Hall–Kier alpha value is -1.80. The molecule has 1 saturated heterocycles. The Morgan fingerprint density at radius 1 is 1.53 bits per heavy atom. The molecule has 1 aliphatic heterocycles. The van der Waals surface area contributed by atoms with Crippen molar-refractivity contribution >= 4 is 23.3 Å². The van der Waals surface area contributed by atoms with Gasteiger partial charge in [0.2, 0.25) is 5.91 Å². The summed E-state index contributed by atoms with van der Waals surface area (Å²) in [5.74, 6) is 0.619. The molecule has 1 aliphatic rings. The number of carbonyl (C=O) groups is 1. The summed E-state index contributed by atoms with van der Waals surface area (Å²) < 4.78 is 0. The second-order valence-electron chi connectivity index (χ2n) is 4.66. The average molecular weight is 279 g/mol. The van der Waals surface area contributed by atoms with E-state index in [0.717, 1.165) is 5.56 Å². The second kappa shape index (κ2) is 5.06. The van der Waals surface area contributed by atoms with Crippen LogP contribution in [0.3, 0.4) is 0 Å². The summed E-state index contributed by atoms with van der Waals surface area (Å²) in [5, 5.41) is 12.4. The van der Waals surface area contributed by atoms with Crippen LogP contribution in [0, 0.1) is 31.1 Å². The Balaban J connectivity index is 2.29. The molecule has 0 saturated carbocycles. The maximum absolute atomic E-state index is 11.5. The molecular formula is C13H15ClN4O. The maximum Gasteiger partial charge on any atom is 0.226 e. The number of amides is 1. The van der Waals surface area contributed by atoms with Crippen LogP contribution in [0.4, 0.5) is 5.82 Å². The molecule has 6 heteroatoms. The quantitative estimate of drug-likeness (QED) is 0.888. The molecule has 5 nitrogen and oxygen atoms in total. The number of nitriles is 1. The van der Waals surface area contributed by atoms with E-state index in [9.17, 15) is 10.1 Å². The van der Waals surface area contributed by atoms with Crippen molar-refractivity contribution in [1.29, 1.82) is 5.26 Å². The fraction of sp³-hybridized carbons (Fsp3) is 0.462. The monoisotopic (exact) mass is 278 g/mol. The van der Waals surface area contributed by atoms with Crippen LogP contribution >= 0.6 is 11.6 Å². The highest BCUT2D eigenvalue weighted by Crippen LogP contribution is 2.32. The van der Waals surface area contributed by atoms with E-state index in [0.29, 0.717) is 35.2 Å². The molecule has 1 amide bonds. The molecule has 0 aromatic carbocycles.